The SMILES string of the molecule is C[C@H](O)CNCc1ccc(Br)cc1F. The van der Waals surface area contributed by atoms with E-state index in [1.807, 2.05) is 0 Å². The molecule has 1 atom stereocenters. The smallest absolute Gasteiger partial charge is 0.128 e. The van der Waals surface area contributed by atoms with Crippen LogP contribution in [0.1, 0.15) is 12.5 Å². The van der Waals surface area contributed by atoms with E-state index in [9.17, 15) is 4.39 Å². The number of nitrogens with one attached hydrogen (secondary N) is 1. The van der Waals surface area contributed by atoms with E-state index in [0.29, 0.717) is 18.7 Å². The van der Waals surface area contributed by atoms with E-state index in [1.165, 1.54) is 6.07 Å². The molecule has 0 aliphatic heterocycles. The lowest BCUT2D eigenvalue weighted by Crippen LogP contribution is -2.24. The Morgan fingerprint density at radius 3 is 2.86 bits per heavy atom. The van der Waals surface area contributed by atoms with E-state index >= 15 is 0 Å². The van der Waals surface area contributed by atoms with E-state index in [1.54, 1.807) is 19.1 Å². The first kappa shape index (κ1) is 11.6. The van der Waals surface area contributed by atoms with Crippen LogP contribution in [0.15, 0.2) is 22.7 Å². The third-order valence-electron chi connectivity index (χ3n) is 1.77. The lowest BCUT2D eigenvalue weighted by atomic mass is 10.2. The van der Waals surface area contributed by atoms with Gasteiger partial charge in [-0.25, -0.2) is 4.39 Å². The van der Waals surface area contributed by atoms with Crippen molar-refractivity contribution in [3.8, 4) is 0 Å². The molecule has 1 rings (SSSR count). The van der Waals surface area contributed by atoms with Gasteiger partial charge in [0.25, 0.3) is 0 Å². The zero-order chi connectivity index (χ0) is 10.6. The highest BCUT2D eigenvalue weighted by molar-refractivity contribution is 9.10. The standard InChI is InChI=1S/C10H13BrFNO/c1-7(14)5-13-6-8-2-3-9(11)4-10(8)12/h2-4,7,13-14H,5-6H2,1H3/t7-/m0/s1. The molecule has 1 aromatic carbocycles. The van der Waals surface area contributed by atoms with Gasteiger partial charge >= 0.3 is 0 Å². The van der Waals surface area contributed by atoms with E-state index < -0.39 is 6.10 Å². The lowest BCUT2D eigenvalue weighted by molar-refractivity contribution is 0.191. The van der Waals surface area contributed by atoms with Crippen LogP contribution in [0.3, 0.4) is 0 Å². The largest absolute Gasteiger partial charge is 0.392 e. The molecule has 0 saturated heterocycles. The van der Waals surface area contributed by atoms with Crippen LogP contribution in [0, 0.1) is 5.82 Å². The maximum atomic E-state index is 13.2. The van der Waals surface area contributed by atoms with Crippen molar-refractivity contribution in [2.24, 2.45) is 0 Å². The van der Waals surface area contributed by atoms with Crippen molar-refractivity contribution in [2.75, 3.05) is 6.54 Å². The molecule has 14 heavy (non-hydrogen) atoms. The Morgan fingerprint density at radius 1 is 1.57 bits per heavy atom. The van der Waals surface area contributed by atoms with E-state index in [-0.39, 0.29) is 5.82 Å². The number of hydrogen-bond donors (Lipinski definition) is 2. The lowest BCUT2D eigenvalue weighted by Gasteiger charge is -2.07. The minimum atomic E-state index is -0.409. The third-order valence-corrected chi connectivity index (χ3v) is 2.26. The van der Waals surface area contributed by atoms with Gasteiger partial charge in [0, 0.05) is 23.1 Å². The molecular formula is C10H13BrFNO. The molecule has 0 aliphatic rings. The highest BCUT2D eigenvalue weighted by Gasteiger charge is 2.02. The van der Waals surface area contributed by atoms with Gasteiger partial charge in [0.05, 0.1) is 6.10 Å². The Balaban J connectivity index is 2.51. The minimum Gasteiger partial charge on any atom is -0.392 e. The van der Waals surface area contributed by atoms with Crippen LogP contribution in [-0.4, -0.2) is 17.8 Å². The summed E-state index contributed by atoms with van der Waals surface area (Å²) in [5.74, 6) is -0.238. The van der Waals surface area contributed by atoms with Gasteiger partial charge in [0.1, 0.15) is 5.82 Å². The first-order valence-corrected chi connectivity index (χ1v) is 5.21. The molecule has 4 heteroatoms. The fourth-order valence-electron chi connectivity index (χ4n) is 1.08. The molecular weight excluding hydrogens is 249 g/mol. The fourth-order valence-corrected chi connectivity index (χ4v) is 1.41. The molecule has 0 aromatic heterocycles. The number of rotatable bonds is 4. The molecule has 0 bridgehead atoms. The van der Waals surface area contributed by atoms with Crippen LogP contribution in [0.4, 0.5) is 4.39 Å². The summed E-state index contributed by atoms with van der Waals surface area (Å²) < 4.78 is 14.0. The second-order valence-corrected chi connectivity index (χ2v) is 4.13. The number of benzene rings is 1. The molecule has 0 aliphatic carbocycles. The number of hydrogen-bond acceptors (Lipinski definition) is 2. The summed E-state index contributed by atoms with van der Waals surface area (Å²) in [7, 11) is 0. The molecule has 78 valence electrons. The number of aliphatic hydroxyl groups is 1. The Kier molecular flexibility index (Phi) is 4.51. The topological polar surface area (TPSA) is 32.3 Å². The number of halogens is 2. The van der Waals surface area contributed by atoms with Gasteiger partial charge in [0.15, 0.2) is 0 Å². The van der Waals surface area contributed by atoms with Gasteiger partial charge in [-0.3, -0.25) is 0 Å². The van der Waals surface area contributed by atoms with Crippen LogP contribution in [-0.2, 0) is 6.54 Å². The van der Waals surface area contributed by atoms with Gasteiger partial charge in [-0.1, -0.05) is 22.0 Å². The van der Waals surface area contributed by atoms with Crippen molar-refractivity contribution in [1.29, 1.82) is 0 Å². The van der Waals surface area contributed by atoms with Crippen LogP contribution in [0.2, 0.25) is 0 Å². The third kappa shape index (κ3) is 3.74. The molecule has 1 aromatic rings. The highest BCUT2D eigenvalue weighted by atomic mass is 79.9. The monoisotopic (exact) mass is 261 g/mol. The molecule has 0 heterocycles. The zero-order valence-electron chi connectivity index (χ0n) is 7.93. The summed E-state index contributed by atoms with van der Waals surface area (Å²) in [6, 6.07) is 4.94. The molecule has 0 saturated carbocycles. The minimum absolute atomic E-state index is 0.238. The molecule has 2 N–H and O–H groups in total. The fraction of sp³-hybridized carbons (Fsp3) is 0.400. The molecule has 0 radical (unpaired) electrons. The zero-order valence-corrected chi connectivity index (χ0v) is 9.51. The van der Waals surface area contributed by atoms with Gasteiger partial charge in [0.2, 0.25) is 0 Å². The van der Waals surface area contributed by atoms with Crippen LogP contribution < -0.4 is 5.32 Å². The van der Waals surface area contributed by atoms with Crippen LogP contribution in [0.5, 0.6) is 0 Å². The molecule has 0 fully saturated rings. The average Bonchev–Trinajstić information content (AvgIpc) is 2.08. The quantitative estimate of drug-likeness (QED) is 0.870. The summed E-state index contributed by atoms with van der Waals surface area (Å²) in [5.41, 5.74) is 0.605. The summed E-state index contributed by atoms with van der Waals surface area (Å²) >= 11 is 3.19. The predicted molar refractivity (Wildman–Crippen MR) is 57.5 cm³/mol. The summed E-state index contributed by atoms with van der Waals surface area (Å²) in [6.07, 6.45) is -0.409. The molecule has 0 amide bonds. The predicted octanol–water partition coefficient (Wildman–Crippen LogP) is 2.06. The van der Waals surface area contributed by atoms with Crippen LogP contribution in [0.25, 0.3) is 0 Å². The van der Waals surface area contributed by atoms with Crippen molar-refractivity contribution < 1.29 is 9.50 Å². The average molecular weight is 262 g/mol. The van der Waals surface area contributed by atoms with Crippen molar-refractivity contribution in [3.05, 3.63) is 34.1 Å². The second-order valence-electron chi connectivity index (χ2n) is 3.22. The molecule has 2 nitrogen and oxygen atoms in total. The van der Waals surface area contributed by atoms with E-state index in [2.05, 4.69) is 21.2 Å². The Morgan fingerprint density at radius 2 is 2.29 bits per heavy atom. The summed E-state index contributed by atoms with van der Waals surface area (Å²) in [5, 5.41) is 11.9. The van der Waals surface area contributed by atoms with Gasteiger partial charge in [-0.05, 0) is 19.1 Å². The van der Waals surface area contributed by atoms with Crippen molar-refractivity contribution in [3.63, 3.8) is 0 Å². The highest BCUT2D eigenvalue weighted by Crippen LogP contribution is 2.14. The molecule has 0 unspecified atom stereocenters. The summed E-state index contributed by atoms with van der Waals surface area (Å²) in [6.45, 7) is 2.59. The first-order chi connectivity index (χ1) is 6.59. The van der Waals surface area contributed by atoms with E-state index in [0.717, 1.165) is 4.47 Å². The van der Waals surface area contributed by atoms with E-state index in [4.69, 9.17) is 5.11 Å². The number of aliphatic hydroxyl groups excluding tert-OH is 1. The maximum absolute atomic E-state index is 13.2. The molecule has 0 spiro atoms. The first-order valence-electron chi connectivity index (χ1n) is 4.42. The van der Waals surface area contributed by atoms with Crippen LogP contribution >= 0.6 is 15.9 Å². The van der Waals surface area contributed by atoms with Gasteiger partial charge in [-0.2, -0.15) is 0 Å². The van der Waals surface area contributed by atoms with Crippen molar-refractivity contribution in [2.45, 2.75) is 19.6 Å². The Labute approximate surface area is 91.3 Å². The van der Waals surface area contributed by atoms with Gasteiger partial charge in [-0.15, -0.1) is 0 Å². The van der Waals surface area contributed by atoms with Crippen molar-refractivity contribution >= 4 is 15.9 Å². The maximum Gasteiger partial charge on any atom is 0.128 e. The Hall–Kier alpha value is -0.450. The van der Waals surface area contributed by atoms with Crippen molar-refractivity contribution in [1.82, 2.24) is 5.32 Å². The Bertz CT molecular complexity index is 304. The second kappa shape index (κ2) is 5.44. The van der Waals surface area contributed by atoms with Gasteiger partial charge < -0.3 is 10.4 Å². The summed E-state index contributed by atoms with van der Waals surface area (Å²) in [4.78, 5) is 0. The normalized spacial score (nSPS) is 12.9.